The zero-order valence-electron chi connectivity index (χ0n) is 10.1. The van der Waals surface area contributed by atoms with Gasteiger partial charge in [0.15, 0.2) is 5.75 Å². The molecular formula is C12H15NO4. The van der Waals surface area contributed by atoms with E-state index in [1.54, 1.807) is 32.0 Å². The monoisotopic (exact) mass is 237 g/mol. The molecule has 1 amide bonds. The van der Waals surface area contributed by atoms with E-state index < -0.39 is 12.1 Å². The van der Waals surface area contributed by atoms with Crippen LogP contribution in [0.15, 0.2) is 18.2 Å². The Morgan fingerprint density at radius 2 is 2.06 bits per heavy atom. The zero-order valence-corrected chi connectivity index (χ0v) is 10.1. The highest BCUT2D eigenvalue weighted by Gasteiger charge is 2.12. The maximum absolute atomic E-state index is 11.3. The minimum atomic E-state index is -0.577. The SMILES string of the molecule is CCOC(=O)Nc1cccc(C)c1OC(C)=O. The van der Waals surface area contributed by atoms with Crippen LogP contribution in [0.5, 0.6) is 5.75 Å². The first-order chi connectivity index (χ1) is 8.04. The summed E-state index contributed by atoms with van der Waals surface area (Å²) in [5.41, 5.74) is 1.17. The molecule has 0 aliphatic rings. The molecule has 0 unspecified atom stereocenters. The molecule has 0 radical (unpaired) electrons. The Balaban J connectivity index is 2.94. The normalized spacial score (nSPS) is 9.59. The molecule has 0 aromatic heterocycles. The molecule has 5 heteroatoms. The Morgan fingerprint density at radius 3 is 2.65 bits per heavy atom. The van der Waals surface area contributed by atoms with Crippen molar-refractivity contribution < 1.29 is 19.1 Å². The van der Waals surface area contributed by atoms with Gasteiger partial charge in [0.1, 0.15) is 0 Å². The van der Waals surface area contributed by atoms with E-state index in [1.807, 2.05) is 0 Å². The van der Waals surface area contributed by atoms with Crippen molar-refractivity contribution in [2.24, 2.45) is 0 Å². The van der Waals surface area contributed by atoms with Crippen LogP contribution >= 0.6 is 0 Å². The maximum atomic E-state index is 11.3. The fraction of sp³-hybridized carbons (Fsp3) is 0.333. The Labute approximate surface area is 99.7 Å². The van der Waals surface area contributed by atoms with Crippen LogP contribution in [-0.2, 0) is 9.53 Å². The molecule has 1 N–H and O–H groups in total. The summed E-state index contributed by atoms with van der Waals surface area (Å²) in [6.45, 7) is 5.08. The van der Waals surface area contributed by atoms with Gasteiger partial charge in [0, 0.05) is 6.92 Å². The van der Waals surface area contributed by atoms with E-state index in [4.69, 9.17) is 9.47 Å². The number of hydrogen-bond donors (Lipinski definition) is 1. The molecule has 0 spiro atoms. The number of ether oxygens (including phenoxy) is 2. The average molecular weight is 237 g/mol. The third kappa shape index (κ3) is 3.79. The lowest BCUT2D eigenvalue weighted by Gasteiger charge is -2.12. The summed E-state index contributed by atoms with van der Waals surface area (Å²) in [5, 5.41) is 2.52. The van der Waals surface area contributed by atoms with Crippen LogP contribution in [0.25, 0.3) is 0 Å². The van der Waals surface area contributed by atoms with Crippen LogP contribution in [0.1, 0.15) is 19.4 Å². The van der Waals surface area contributed by atoms with Crippen LogP contribution in [-0.4, -0.2) is 18.7 Å². The van der Waals surface area contributed by atoms with Gasteiger partial charge in [-0.1, -0.05) is 12.1 Å². The summed E-state index contributed by atoms with van der Waals surface area (Å²) >= 11 is 0. The summed E-state index contributed by atoms with van der Waals surface area (Å²) < 4.78 is 9.80. The van der Waals surface area contributed by atoms with Crippen LogP contribution in [0.2, 0.25) is 0 Å². The predicted octanol–water partition coefficient (Wildman–Crippen LogP) is 2.49. The number of rotatable bonds is 3. The maximum Gasteiger partial charge on any atom is 0.411 e. The van der Waals surface area contributed by atoms with Gasteiger partial charge >= 0.3 is 12.1 Å². The van der Waals surface area contributed by atoms with Crippen molar-refractivity contribution in [2.75, 3.05) is 11.9 Å². The first kappa shape index (κ1) is 13.0. The third-order valence-electron chi connectivity index (χ3n) is 1.97. The number of aryl methyl sites for hydroxylation is 1. The van der Waals surface area contributed by atoms with Gasteiger partial charge in [-0.05, 0) is 25.5 Å². The highest BCUT2D eigenvalue weighted by Crippen LogP contribution is 2.28. The molecule has 0 atom stereocenters. The fourth-order valence-corrected chi connectivity index (χ4v) is 1.31. The molecule has 1 aromatic rings. The number of carbonyl (C=O) groups excluding carboxylic acids is 2. The van der Waals surface area contributed by atoms with Gasteiger partial charge in [-0.3, -0.25) is 10.1 Å². The van der Waals surface area contributed by atoms with E-state index in [1.165, 1.54) is 6.92 Å². The van der Waals surface area contributed by atoms with Crippen LogP contribution < -0.4 is 10.1 Å². The number of amides is 1. The standard InChI is InChI=1S/C12H15NO4/c1-4-16-12(15)13-10-7-5-6-8(2)11(10)17-9(3)14/h5-7H,4H2,1-3H3,(H,13,15). The zero-order chi connectivity index (χ0) is 12.8. The first-order valence-corrected chi connectivity index (χ1v) is 5.26. The number of anilines is 1. The molecule has 92 valence electrons. The van der Waals surface area contributed by atoms with Crippen molar-refractivity contribution in [1.82, 2.24) is 0 Å². The smallest absolute Gasteiger partial charge is 0.411 e. The van der Waals surface area contributed by atoms with Crippen LogP contribution in [0.4, 0.5) is 10.5 Å². The van der Waals surface area contributed by atoms with Crippen molar-refractivity contribution in [3.05, 3.63) is 23.8 Å². The van der Waals surface area contributed by atoms with E-state index in [-0.39, 0.29) is 6.61 Å². The second kappa shape index (κ2) is 5.89. The second-order valence-corrected chi connectivity index (χ2v) is 3.39. The summed E-state index contributed by atoms with van der Waals surface area (Å²) in [7, 11) is 0. The molecule has 0 saturated heterocycles. The molecule has 0 aliphatic carbocycles. The minimum absolute atomic E-state index is 0.278. The van der Waals surface area contributed by atoms with Gasteiger partial charge in [0.2, 0.25) is 0 Å². The molecule has 1 aromatic carbocycles. The van der Waals surface area contributed by atoms with E-state index in [0.717, 1.165) is 5.56 Å². The van der Waals surface area contributed by atoms with Crippen molar-refractivity contribution in [3.8, 4) is 5.75 Å². The number of carbonyl (C=O) groups is 2. The Hall–Kier alpha value is -2.04. The van der Waals surface area contributed by atoms with Crippen molar-refractivity contribution in [2.45, 2.75) is 20.8 Å². The summed E-state index contributed by atoms with van der Waals surface area (Å²) in [6.07, 6.45) is -0.577. The van der Waals surface area contributed by atoms with Gasteiger partial charge in [0.25, 0.3) is 0 Å². The molecule has 17 heavy (non-hydrogen) atoms. The van der Waals surface area contributed by atoms with Crippen molar-refractivity contribution in [3.63, 3.8) is 0 Å². The first-order valence-electron chi connectivity index (χ1n) is 5.26. The largest absolute Gasteiger partial charge is 0.450 e. The topological polar surface area (TPSA) is 64.6 Å². The summed E-state index contributed by atoms with van der Waals surface area (Å²) in [5.74, 6) is -0.0979. The lowest BCUT2D eigenvalue weighted by Crippen LogP contribution is -2.15. The van der Waals surface area contributed by atoms with Gasteiger partial charge < -0.3 is 9.47 Å². The van der Waals surface area contributed by atoms with E-state index in [0.29, 0.717) is 11.4 Å². The fourth-order valence-electron chi connectivity index (χ4n) is 1.31. The highest BCUT2D eigenvalue weighted by atomic mass is 16.6. The highest BCUT2D eigenvalue weighted by molar-refractivity contribution is 5.88. The molecule has 0 heterocycles. The lowest BCUT2D eigenvalue weighted by molar-refractivity contribution is -0.131. The quantitative estimate of drug-likeness (QED) is 0.648. The van der Waals surface area contributed by atoms with E-state index in [9.17, 15) is 9.59 Å². The molecule has 1 rings (SSSR count). The molecular weight excluding hydrogens is 222 g/mol. The Bertz CT molecular complexity index is 429. The van der Waals surface area contributed by atoms with Crippen molar-refractivity contribution in [1.29, 1.82) is 0 Å². The van der Waals surface area contributed by atoms with E-state index >= 15 is 0 Å². The number of nitrogens with one attached hydrogen (secondary N) is 1. The number of hydrogen-bond acceptors (Lipinski definition) is 4. The Morgan fingerprint density at radius 1 is 1.35 bits per heavy atom. The lowest BCUT2D eigenvalue weighted by atomic mass is 10.2. The van der Waals surface area contributed by atoms with Crippen LogP contribution in [0.3, 0.4) is 0 Å². The molecule has 0 fully saturated rings. The van der Waals surface area contributed by atoms with Crippen molar-refractivity contribution >= 4 is 17.7 Å². The third-order valence-corrected chi connectivity index (χ3v) is 1.97. The minimum Gasteiger partial charge on any atom is -0.450 e. The second-order valence-electron chi connectivity index (χ2n) is 3.39. The Kier molecular flexibility index (Phi) is 4.51. The van der Waals surface area contributed by atoms with Gasteiger partial charge in [0.05, 0.1) is 12.3 Å². The molecule has 0 aliphatic heterocycles. The number of esters is 1. The van der Waals surface area contributed by atoms with Crippen LogP contribution in [0, 0.1) is 6.92 Å². The number of para-hydroxylation sites is 1. The summed E-state index contributed by atoms with van der Waals surface area (Å²) in [6, 6.07) is 5.18. The average Bonchev–Trinajstić information content (AvgIpc) is 2.23. The van der Waals surface area contributed by atoms with Gasteiger partial charge in [-0.15, -0.1) is 0 Å². The summed E-state index contributed by atoms with van der Waals surface area (Å²) in [4.78, 5) is 22.3. The predicted molar refractivity (Wildman–Crippen MR) is 63.1 cm³/mol. The molecule has 0 bridgehead atoms. The van der Waals surface area contributed by atoms with E-state index in [2.05, 4.69) is 5.32 Å². The molecule has 5 nitrogen and oxygen atoms in total. The van der Waals surface area contributed by atoms with Gasteiger partial charge in [-0.25, -0.2) is 4.79 Å². The van der Waals surface area contributed by atoms with Gasteiger partial charge in [-0.2, -0.15) is 0 Å². The molecule has 0 saturated carbocycles. The number of benzene rings is 1.